The number of carbonyl (C=O) groups excluding carboxylic acids is 2. The zero-order valence-corrected chi connectivity index (χ0v) is 14.9. The topological polar surface area (TPSA) is 55.8 Å². The van der Waals surface area contributed by atoms with E-state index in [0.717, 1.165) is 11.1 Å². The molecule has 1 aliphatic rings. The Morgan fingerprint density at radius 1 is 1.25 bits per heavy atom. The average molecular weight is 370 g/mol. The Hall–Kier alpha value is -1.98. The van der Waals surface area contributed by atoms with Crippen LogP contribution in [0.5, 0.6) is 0 Å². The van der Waals surface area contributed by atoms with Crippen molar-refractivity contribution in [1.82, 2.24) is 4.90 Å². The van der Waals surface area contributed by atoms with E-state index < -0.39 is 12.1 Å². The van der Waals surface area contributed by atoms with Crippen LogP contribution in [0, 0.1) is 0 Å². The zero-order valence-electron chi connectivity index (χ0n) is 13.4. The van der Waals surface area contributed by atoms with Crippen molar-refractivity contribution < 1.29 is 19.1 Å². The molecule has 0 radical (unpaired) electrons. The van der Waals surface area contributed by atoms with Gasteiger partial charge in [-0.25, -0.2) is 9.59 Å². The molecule has 2 rings (SSSR count). The van der Waals surface area contributed by atoms with Crippen molar-refractivity contribution in [3.8, 4) is 0 Å². The van der Waals surface area contributed by atoms with Gasteiger partial charge in [-0.3, -0.25) is 0 Å². The molecule has 7 heteroatoms. The molecule has 0 fully saturated rings. The van der Waals surface area contributed by atoms with E-state index in [1.54, 1.807) is 25.1 Å². The first-order valence-corrected chi connectivity index (χ1v) is 7.97. The number of carbonyl (C=O) groups is 2. The molecule has 0 aliphatic carbocycles. The largest absolute Gasteiger partial charge is 0.466 e. The SMILES string of the molecule is C=C(C)OC(=O)N1CCC(c2ccc(Cl)c(Cl)c2)=C(C(=O)OC)C1. The van der Waals surface area contributed by atoms with Gasteiger partial charge in [0, 0.05) is 6.54 Å². The fourth-order valence-electron chi connectivity index (χ4n) is 2.45. The first kappa shape index (κ1) is 18.4. The Morgan fingerprint density at radius 3 is 2.54 bits per heavy atom. The van der Waals surface area contributed by atoms with Crippen LogP contribution < -0.4 is 0 Å². The molecular weight excluding hydrogens is 353 g/mol. The summed E-state index contributed by atoms with van der Waals surface area (Å²) < 4.78 is 9.86. The second-order valence-corrected chi connectivity index (χ2v) is 6.13. The van der Waals surface area contributed by atoms with Crippen LogP contribution in [-0.2, 0) is 14.3 Å². The van der Waals surface area contributed by atoms with Gasteiger partial charge in [0.25, 0.3) is 0 Å². The molecule has 24 heavy (non-hydrogen) atoms. The van der Waals surface area contributed by atoms with E-state index in [-0.39, 0.29) is 6.54 Å². The third-order valence-corrected chi connectivity index (χ3v) is 4.30. The molecule has 0 spiro atoms. The molecule has 0 bridgehead atoms. The summed E-state index contributed by atoms with van der Waals surface area (Å²) in [6.45, 7) is 5.62. The highest BCUT2D eigenvalue weighted by Gasteiger charge is 2.29. The lowest BCUT2D eigenvalue weighted by Gasteiger charge is -2.29. The molecule has 128 valence electrons. The molecule has 5 nitrogen and oxygen atoms in total. The van der Waals surface area contributed by atoms with Crippen molar-refractivity contribution in [2.24, 2.45) is 0 Å². The van der Waals surface area contributed by atoms with E-state index in [0.29, 0.717) is 34.3 Å². The number of methoxy groups -OCH3 is 1. The third kappa shape index (κ3) is 4.10. The minimum Gasteiger partial charge on any atom is -0.466 e. The molecule has 0 saturated heterocycles. The van der Waals surface area contributed by atoms with Gasteiger partial charge in [0.2, 0.25) is 0 Å². The lowest BCUT2D eigenvalue weighted by molar-refractivity contribution is -0.136. The van der Waals surface area contributed by atoms with Crippen molar-refractivity contribution in [3.05, 3.63) is 51.7 Å². The van der Waals surface area contributed by atoms with Crippen LogP contribution in [0.25, 0.3) is 5.57 Å². The number of halogens is 2. The van der Waals surface area contributed by atoms with Crippen molar-refractivity contribution in [3.63, 3.8) is 0 Å². The second-order valence-electron chi connectivity index (χ2n) is 5.32. The second kappa shape index (κ2) is 7.73. The number of benzene rings is 1. The third-order valence-electron chi connectivity index (χ3n) is 3.56. The first-order valence-electron chi connectivity index (χ1n) is 7.21. The molecule has 0 saturated carbocycles. The maximum absolute atomic E-state index is 12.2. The Kier molecular flexibility index (Phi) is 5.91. The molecule has 0 atom stereocenters. The van der Waals surface area contributed by atoms with E-state index >= 15 is 0 Å². The fourth-order valence-corrected chi connectivity index (χ4v) is 2.74. The number of esters is 1. The Labute approximate surface area is 150 Å². The smallest absolute Gasteiger partial charge is 0.415 e. The van der Waals surface area contributed by atoms with Crippen LogP contribution in [0.1, 0.15) is 18.9 Å². The molecule has 1 amide bonds. The molecule has 0 N–H and O–H groups in total. The highest BCUT2D eigenvalue weighted by atomic mass is 35.5. The summed E-state index contributed by atoms with van der Waals surface area (Å²) in [6, 6.07) is 5.15. The predicted molar refractivity (Wildman–Crippen MR) is 92.9 cm³/mol. The summed E-state index contributed by atoms with van der Waals surface area (Å²) in [6.07, 6.45) is -0.0784. The average Bonchev–Trinajstić information content (AvgIpc) is 2.55. The molecule has 1 heterocycles. The number of nitrogens with zero attached hydrogens (tertiary/aromatic N) is 1. The number of hydrogen-bond acceptors (Lipinski definition) is 4. The Morgan fingerprint density at radius 2 is 1.96 bits per heavy atom. The Bertz CT molecular complexity index is 727. The van der Waals surface area contributed by atoms with Crippen LogP contribution in [0.2, 0.25) is 10.0 Å². The van der Waals surface area contributed by atoms with Gasteiger partial charge >= 0.3 is 12.1 Å². The standard InChI is InChI=1S/C17H17Cl2NO4/c1-10(2)24-17(22)20-7-6-12(13(9-20)16(21)23-3)11-4-5-14(18)15(19)8-11/h4-5,8H,1,6-7,9H2,2-3H3. The van der Waals surface area contributed by atoms with Gasteiger partial charge < -0.3 is 14.4 Å². The van der Waals surface area contributed by atoms with Crippen molar-refractivity contribution in [2.75, 3.05) is 20.2 Å². The maximum atomic E-state index is 12.2. The van der Waals surface area contributed by atoms with E-state index in [2.05, 4.69) is 6.58 Å². The van der Waals surface area contributed by atoms with E-state index in [1.165, 1.54) is 12.0 Å². The monoisotopic (exact) mass is 369 g/mol. The normalized spacial score (nSPS) is 14.4. The van der Waals surface area contributed by atoms with Crippen molar-refractivity contribution in [1.29, 1.82) is 0 Å². The van der Waals surface area contributed by atoms with Gasteiger partial charge in [-0.1, -0.05) is 35.8 Å². The van der Waals surface area contributed by atoms with Gasteiger partial charge in [0.15, 0.2) is 0 Å². The van der Waals surface area contributed by atoms with Crippen LogP contribution in [0.3, 0.4) is 0 Å². The van der Waals surface area contributed by atoms with Gasteiger partial charge in [0.1, 0.15) is 0 Å². The highest BCUT2D eigenvalue weighted by molar-refractivity contribution is 6.42. The van der Waals surface area contributed by atoms with Crippen LogP contribution >= 0.6 is 23.2 Å². The van der Waals surface area contributed by atoms with Gasteiger partial charge in [-0.15, -0.1) is 0 Å². The lowest BCUT2D eigenvalue weighted by atomic mass is 9.93. The summed E-state index contributed by atoms with van der Waals surface area (Å²) in [4.78, 5) is 25.6. The maximum Gasteiger partial charge on any atom is 0.415 e. The van der Waals surface area contributed by atoms with Crippen molar-refractivity contribution >= 4 is 40.8 Å². The van der Waals surface area contributed by atoms with Gasteiger partial charge in [-0.05, 0) is 36.6 Å². The quantitative estimate of drug-likeness (QED) is 0.588. The van der Waals surface area contributed by atoms with Crippen LogP contribution in [0.15, 0.2) is 36.1 Å². The number of rotatable bonds is 3. The van der Waals surface area contributed by atoms with E-state index in [4.69, 9.17) is 32.7 Å². The number of amides is 1. The predicted octanol–water partition coefficient (Wildman–Crippen LogP) is 4.30. The minimum absolute atomic E-state index is 0.0916. The molecule has 1 aliphatic heterocycles. The number of allylic oxidation sites excluding steroid dienone is 1. The summed E-state index contributed by atoms with van der Waals surface area (Å²) in [5.74, 6) is -0.206. The van der Waals surface area contributed by atoms with Crippen LogP contribution in [-0.4, -0.2) is 37.2 Å². The summed E-state index contributed by atoms with van der Waals surface area (Å²) in [5, 5.41) is 0.832. The summed E-state index contributed by atoms with van der Waals surface area (Å²) >= 11 is 12.0. The molecular formula is C17H17Cl2NO4. The summed E-state index contributed by atoms with van der Waals surface area (Å²) in [5.41, 5.74) is 1.94. The molecule has 1 aromatic carbocycles. The van der Waals surface area contributed by atoms with Crippen molar-refractivity contribution in [2.45, 2.75) is 13.3 Å². The fraction of sp³-hybridized carbons (Fsp3) is 0.294. The van der Waals surface area contributed by atoms with Gasteiger partial charge in [0.05, 0.1) is 35.0 Å². The molecule has 1 aromatic rings. The van der Waals surface area contributed by atoms with E-state index in [9.17, 15) is 9.59 Å². The zero-order chi connectivity index (χ0) is 17.9. The highest BCUT2D eigenvalue weighted by Crippen LogP contribution is 2.32. The summed E-state index contributed by atoms with van der Waals surface area (Å²) in [7, 11) is 1.30. The van der Waals surface area contributed by atoms with Gasteiger partial charge in [-0.2, -0.15) is 0 Å². The molecule has 0 unspecified atom stereocenters. The minimum atomic E-state index is -0.544. The lowest BCUT2D eigenvalue weighted by Crippen LogP contribution is -2.38. The number of ether oxygens (including phenoxy) is 2. The molecule has 0 aromatic heterocycles. The Balaban J connectivity index is 2.37. The van der Waals surface area contributed by atoms with Crippen LogP contribution in [0.4, 0.5) is 4.79 Å². The van der Waals surface area contributed by atoms with E-state index in [1.807, 2.05) is 0 Å². The number of hydrogen-bond donors (Lipinski definition) is 0. The first-order chi connectivity index (χ1) is 11.3.